The second-order valence-electron chi connectivity index (χ2n) is 7.68. The minimum Gasteiger partial charge on any atom is -0.369 e. The number of nitrogen functional groups attached to an aromatic ring is 1. The second-order valence-corrected chi connectivity index (χ2v) is 7.68. The highest BCUT2D eigenvalue weighted by molar-refractivity contribution is 5.81. The largest absolute Gasteiger partial charge is 0.369 e. The van der Waals surface area contributed by atoms with Gasteiger partial charge in [0.1, 0.15) is 17.5 Å². The highest BCUT2D eigenvalue weighted by Crippen LogP contribution is 2.32. The van der Waals surface area contributed by atoms with Gasteiger partial charge >= 0.3 is 0 Å². The lowest BCUT2D eigenvalue weighted by atomic mass is 10.1. The van der Waals surface area contributed by atoms with Gasteiger partial charge in [0.15, 0.2) is 0 Å². The first-order chi connectivity index (χ1) is 14.5. The molecule has 4 rings (SSSR count). The smallest absolute Gasteiger partial charge is 0.222 e. The molecular formula is C21H27N9. The molecule has 0 bridgehead atoms. The van der Waals surface area contributed by atoms with Gasteiger partial charge < -0.3 is 25.8 Å². The van der Waals surface area contributed by atoms with Crippen LogP contribution in [0.4, 0.5) is 17.5 Å². The topological polar surface area (TPSA) is 121 Å². The molecule has 1 aliphatic heterocycles. The summed E-state index contributed by atoms with van der Waals surface area (Å²) in [5.41, 5.74) is 10.9. The van der Waals surface area contributed by atoms with Crippen molar-refractivity contribution in [1.82, 2.24) is 24.8 Å². The van der Waals surface area contributed by atoms with E-state index in [9.17, 15) is 5.26 Å². The number of aryl methyl sites for hydroxylation is 2. The standard InChI is InChI=1S/C21H27N9/c1-13-15(12-22)20(28-21(23)26-13)25-14(2)19-18(30-8-4-6-24-7-10-30)11-17-16(27-19)5-9-29(17)3/h5,9,11,14,24H,4,6-8,10H2,1-3H3,(H3,23,25,26,28). The summed E-state index contributed by atoms with van der Waals surface area (Å²) in [5, 5.41) is 16.4. The third kappa shape index (κ3) is 3.74. The molecule has 0 aromatic carbocycles. The number of pyridine rings is 1. The molecule has 1 atom stereocenters. The van der Waals surface area contributed by atoms with Crippen molar-refractivity contribution >= 4 is 28.5 Å². The van der Waals surface area contributed by atoms with E-state index >= 15 is 0 Å². The van der Waals surface area contributed by atoms with Gasteiger partial charge in [-0.2, -0.15) is 10.2 Å². The van der Waals surface area contributed by atoms with Crippen LogP contribution in [-0.2, 0) is 7.05 Å². The number of aromatic nitrogens is 4. The van der Waals surface area contributed by atoms with Gasteiger partial charge in [-0.25, -0.2) is 9.97 Å². The molecule has 0 aliphatic carbocycles. The lowest BCUT2D eigenvalue weighted by Crippen LogP contribution is -2.30. The van der Waals surface area contributed by atoms with Crippen LogP contribution in [0.5, 0.6) is 0 Å². The van der Waals surface area contributed by atoms with Crippen LogP contribution in [0.2, 0.25) is 0 Å². The van der Waals surface area contributed by atoms with Crippen LogP contribution in [-0.4, -0.2) is 45.7 Å². The molecule has 156 valence electrons. The van der Waals surface area contributed by atoms with Gasteiger partial charge in [0.25, 0.3) is 0 Å². The zero-order valence-electron chi connectivity index (χ0n) is 17.6. The van der Waals surface area contributed by atoms with Crippen LogP contribution in [0.25, 0.3) is 11.0 Å². The molecule has 0 radical (unpaired) electrons. The van der Waals surface area contributed by atoms with E-state index in [0.29, 0.717) is 17.1 Å². The average molecular weight is 406 g/mol. The summed E-state index contributed by atoms with van der Waals surface area (Å²) in [7, 11) is 2.03. The summed E-state index contributed by atoms with van der Waals surface area (Å²) < 4.78 is 2.09. The molecule has 30 heavy (non-hydrogen) atoms. The van der Waals surface area contributed by atoms with Gasteiger partial charge in [-0.3, -0.25) is 0 Å². The number of nitriles is 1. The van der Waals surface area contributed by atoms with Crippen LogP contribution < -0.4 is 21.3 Å². The number of rotatable bonds is 4. The Morgan fingerprint density at radius 3 is 2.90 bits per heavy atom. The molecule has 1 saturated heterocycles. The minimum atomic E-state index is -0.179. The van der Waals surface area contributed by atoms with Gasteiger partial charge in [0, 0.05) is 32.9 Å². The van der Waals surface area contributed by atoms with E-state index in [1.807, 2.05) is 26.2 Å². The van der Waals surface area contributed by atoms with E-state index in [0.717, 1.165) is 55.0 Å². The lowest BCUT2D eigenvalue weighted by molar-refractivity contribution is 0.724. The molecule has 9 heteroatoms. The van der Waals surface area contributed by atoms with Crippen LogP contribution in [0, 0.1) is 18.3 Å². The third-order valence-electron chi connectivity index (χ3n) is 5.54. The lowest BCUT2D eigenvalue weighted by Gasteiger charge is -2.27. The Morgan fingerprint density at radius 2 is 2.10 bits per heavy atom. The number of nitrogens with two attached hydrogens (primary N) is 1. The number of hydrogen-bond donors (Lipinski definition) is 3. The van der Waals surface area contributed by atoms with E-state index < -0.39 is 0 Å². The van der Waals surface area contributed by atoms with Crippen molar-refractivity contribution < 1.29 is 0 Å². The Labute approximate surface area is 175 Å². The Kier molecular flexibility index (Phi) is 5.42. The summed E-state index contributed by atoms with van der Waals surface area (Å²) in [6.45, 7) is 7.63. The van der Waals surface area contributed by atoms with Crippen molar-refractivity contribution in [3.63, 3.8) is 0 Å². The van der Waals surface area contributed by atoms with E-state index in [2.05, 4.69) is 42.2 Å². The van der Waals surface area contributed by atoms with E-state index in [-0.39, 0.29) is 12.0 Å². The number of fused-ring (bicyclic) bond motifs is 1. The first-order valence-corrected chi connectivity index (χ1v) is 10.2. The highest BCUT2D eigenvalue weighted by Gasteiger charge is 2.22. The van der Waals surface area contributed by atoms with Crippen LogP contribution in [0.3, 0.4) is 0 Å². The van der Waals surface area contributed by atoms with Gasteiger partial charge in [-0.05, 0) is 38.9 Å². The van der Waals surface area contributed by atoms with Gasteiger partial charge in [0.05, 0.1) is 34.2 Å². The van der Waals surface area contributed by atoms with Crippen molar-refractivity contribution in [2.45, 2.75) is 26.3 Å². The molecule has 4 heterocycles. The molecule has 1 aliphatic rings. The van der Waals surface area contributed by atoms with Crippen LogP contribution in [0.15, 0.2) is 18.3 Å². The molecule has 0 amide bonds. The van der Waals surface area contributed by atoms with E-state index in [4.69, 9.17) is 10.7 Å². The fraction of sp³-hybridized carbons (Fsp3) is 0.429. The van der Waals surface area contributed by atoms with Crippen molar-refractivity contribution in [3.05, 3.63) is 35.3 Å². The Balaban J connectivity index is 1.77. The van der Waals surface area contributed by atoms with Gasteiger partial charge in [-0.1, -0.05) is 0 Å². The van der Waals surface area contributed by atoms with Gasteiger partial charge in [0.2, 0.25) is 5.95 Å². The second kappa shape index (κ2) is 8.16. The van der Waals surface area contributed by atoms with Gasteiger partial charge in [-0.15, -0.1) is 0 Å². The van der Waals surface area contributed by atoms with Crippen molar-refractivity contribution in [2.24, 2.45) is 7.05 Å². The van der Waals surface area contributed by atoms with E-state index in [1.54, 1.807) is 6.92 Å². The predicted molar refractivity (Wildman–Crippen MR) is 118 cm³/mol. The van der Waals surface area contributed by atoms with Crippen molar-refractivity contribution in [3.8, 4) is 6.07 Å². The fourth-order valence-corrected chi connectivity index (χ4v) is 3.95. The highest BCUT2D eigenvalue weighted by atomic mass is 15.2. The minimum absolute atomic E-state index is 0.145. The Bertz CT molecular complexity index is 1100. The Hall–Kier alpha value is -3.38. The molecule has 1 fully saturated rings. The molecule has 1 unspecified atom stereocenters. The average Bonchev–Trinajstić information content (AvgIpc) is 2.91. The third-order valence-corrected chi connectivity index (χ3v) is 5.54. The first kappa shape index (κ1) is 19.9. The van der Waals surface area contributed by atoms with Crippen LogP contribution >= 0.6 is 0 Å². The normalized spacial score (nSPS) is 15.6. The first-order valence-electron chi connectivity index (χ1n) is 10.2. The molecule has 3 aromatic heterocycles. The zero-order chi connectivity index (χ0) is 21.3. The Morgan fingerprint density at radius 1 is 1.27 bits per heavy atom. The number of hydrogen-bond acceptors (Lipinski definition) is 8. The number of anilines is 3. The molecule has 9 nitrogen and oxygen atoms in total. The van der Waals surface area contributed by atoms with E-state index in [1.165, 1.54) is 0 Å². The molecular weight excluding hydrogens is 378 g/mol. The molecule has 4 N–H and O–H groups in total. The maximum atomic E-state index is 9.56. The summed E-state index contributed by atoms with van der Waals surface area (Å²) in [4.78, 5) is 15.8. The summed E-state index contributed by atoms with van der Waals surface area (Å²) >= 11 is 0. The van der Waals surface area contributed by atoms with Crippen molar-refractivity contribution in [1.29, 1.82) is 5.26 Å². The molecule has 3 aromatic rings. The summed E-state index contributed by atoms with van der Waals surface area (Å²) in [6.07, 6.45) is 3.10. The zero-order valence-corrected chi connectivity index (χ0v) is 17.6. The monoisotopic (exact) mass is 405 g/mol. The number of nitrogens with zero attached hydrogens (tertiary/aromatic N) is 6. The molecule has 0 saturated carbocycles. The summed E-state index contributed by atoms with van der Waals surface area (Å²) in [5.74, 6) is 0.583. The van der Waals surface area contributed by atoms with Crippen molar-refractivity contribution in [2.75, 3.05) is 42.1 Å². The fourth-order valence-electron chi connectivity index (χ4n) is 3.95. The quantitative estimate of drug-likeness (QED) is 0.603. The maximum Gasteiger partial charge on any atom is 0.222 e. The molecule has 0 spiro atoms. The maximum absolute atomic E-state index is 9.56. The SMILES string of the molecule is Cc1nc(N)nc(NC(C)c2nc3ccn(C)c3cc2N2CCCNCC2)c1C#N. The predicted octanol–water partition coefficient (Wildman–Crippen LogP) is 2.10. The van der Waals surface area contributed by atoms with Crippen LogP contribution in [0.1, 0.15) is 36.3 Å². The number of nitrogens with one attached hydrogen (secondary N) is 2. The summed E-state index contributed by atoms with van der Waals surface area (Å²) in [6, 6.07) is 6.24.